The number of hydrogen-bond donors (Lipinski definition) is 0. The lowest BCUT2D eigenvalue weighted by Gasteiger charge is -2.12. The lowest BCUT2D eigenvalue weighted by atomic mass is 9.96. The lowest BCUT2D eigenvalue weighted by Crippen LogP contribution is -1.96. The van der Waals surface area contributed by atoms with Crippen molar-refractivity contribution >= 4 is 75.1 Å². The Labute approximate surface area is 302 Å². The van der Waals surface area contributed by atoms with Crippen molar-refractivity contribution in [3.05, 3.63) is 164 Å². The second kappa shape index (κ2) is 11.4. The van der Waals surface area contributed by atoms with E-state index < -0.39 is 0 Å². The van der Waals surface area contributed by atoms with Gasteiger partial charge in [0.15, 0.2) is 5.82 Å². The summed E-state index contributed by atoms with van der Waals surface area (Å²) in [5, 5.41) is 7.88. The fourth-order valence-corrected chi connectivity index (χ4v) is 8.86. The van der Waals surface area contributed by atoms with Crippen molar-refractivity contribution in [2.75, 3.05) is 0 Å². The van der Waals surface area contributed by atoms with E-state index in [1.807, 2.05) is 23.5 Å². The molecule has 0 saturated carbocycles. The van der Waals surface area contributed by atoms with E-state index in [0.717, 1.165) is 82.9 Å². The first-order chi connectivity index (χ1) is 25.8. The third-order valence-corrected chi connectivity index (χ3v) is 11.2. The first kappa shape index (κ1) is 29.1. The first-order valence-electron chi connectivity index (χ1n) is 17.4. The smallest absolute Gasteiger partial charge is 0.160 e. The number of furan rings is 1. The molecule has 4 aromatic heterocycles. The number of aromatic nitrogens is 3. The molecular weight excluding hydrogens is 655 g/mol. The molecule has 0 radical (unpaired) electrons. The first-order valence-corrected chi connectivity index (χ1v) is 18.2. The predicted octanol–water partition coefficient (Wildman–Crippen LogP) is 13.1. The topological polar surface area (TPSA) is 51.8 Å². The zero-order valence-corrected chi connectivity index (χ0v) is 28.6. The van der Waals surface area contributed by atoms with Crippen LogP contribution in [0.1, 0.15) is 0 Å². The third-order valence-electron chi connectivity index (χ3n) is 10.1. The molecule has 4 heterocycles. The Morgan fingerprint density at radius 2 is 1.12 bits per heavy atom. The largest absolute Gasteiger partial charge is 0.456 e. The van der Waals surface area contributed by atoms with Gasteiger partial charge in [0, 0.05) is 69.4 Å². The maximum Gasteiger partial charge on any atom is 0.160 e. The summed E-state index contributed by atoms with van der Waals surface area (Å²) in [6.45, 7) is 0. The van der Waals surface area contributed by atoms with Gasteiger partial charge in [0.25, 0.3) is 0 Å². The van der Waals surface area contributed by atoms with Crippen LogP contribution in [-0.4, -0.2) is 15.0 Å². The molecular formula is C47H27N3OS. The van der Waals surface area contributed by atoms with Crippen molar-refractivity contribution in [3.63, 3.8) is 0 Å². The summed E-state index contributed by atoms with van der Waals surface area (Å²) in [6.07, 6.45) is 0. The zero-order chi connectivity index (χ0) is 34.2. The molecule has 0 spiro atoms. The van der Waals surface area contributed by atoms with E-state index in [1.165, 1.54) is 20.2 Å². The monoisotopic (exact) mass is 681 g/mol. The lowest BCUT2D eigenvalue weighted by molar-refractivity contribution is 0.669. The molecule has 7 aromatic carbocycles. The van der Waals surface area contributed by atoms with E-state index in [-0.39, 0.29) is 0 Å². The van der Waals surface area contributed by atoms with E-state index >= 15 is 0 Å². The van der Waals surface area contributed by atoms with Gasteiger partial charge in [0.2, 0.25) is 0 Å². The number of rotatable bonds is 4. The summed E-state index contributed by atoms with van der Waals surface area (Å²) in [5.41, 5.74) is 9.49. The molecule has 52 heavy (non-hydrogen) atoms. The van der Waals surface area contributed by atoms with Crippen LogP contribution in [0.2, 0.25) is 0 Å². The van der Waals surface area contributed by atoms with Crippen LogP contribution in [0.3, 0.4) is 0 Å². The number of benzene rings is 7. The minimum Gasteiger partial charge on any atom is -0.456 e. The standard InChI is InChI=1S/C47H27N3OS/c1-3-12-28(13-4-1)37-27-38(32-18-11-21-42-43(32)33-17-8-10-20-41(33)52-42)50-47(49-37)30-22-24-39-35(26-30)45-40(51-39)25-23-34-44(45)31-16-7-9-19-36(31)48-46(34)29-14-5-2-6-15-29/h1-27H. The van der Waals surface area contributed by atoms with E-state index in [0.29, 0.717) is 5.82 Å². The quantitative estimate of drug-likeness (QED) is 0.174. The van der Waals surface area contributed by atoms with Gasteiger partial charge in [-0.05, 0) is 54.6 Å². The van der Waals surface area contributed by atoms with E-state index in [2.05, 4.69) is 152 Å². The summed E-state index contributed by atoms with van der Waals surface area (Å²) < 4.78 is 9.07. The Kier molecular flexibility index (Phi) is 6.39. The number of nitrogens with zero attached hydrogens (tertiary/aromatic N) is 3. The molecule has 0 fully saturated rings. The fourth-order valence-electron chi connectivity index (χ4n) is 7.72. The molecule has 11 rings (SSSR count). The van der Waals surface area contributed by atoms with Crippen molar-refractivity contribution in [2.45, 2.75) is 0 Å². The number of para-hydroxylation sites is 1. The summed E-state index contributed by atoms with van der Waals surface area (Å²) in [4.78, 5) is 15.7. The van der Waals surface area contributed by atoms with Crippen LogP contribution >= 0.6 is 11.3 Å². The van der Waals surface area contributed by atoms with Crippen molar-refractivity contribution in [3.8, 4) is 45.2 Å². The SMILES string of the molecule is c1ccc(-c2cc(-c3cccc4sc5ccccc5c34)nc(-c3ccc4oc5ccc6c(-c7ccccc7)nc7ccccc7c6c5c4c3)n2)cc1. The number of thiophene rings is 1. The predicted molar refractivity (Wildman–Crippen MR) is 217 cm³/mol. The van der Waals surface area contributed by atoms with Gasteiger partial charge in [-0.2, -0.15) is 0 Å². The highest BCUT2D eigenvalue weighted by molar-refractivity contribution is 7.25. The second-order valence-electron chi connectivity index (χ2n) is 13.1. The number of pyridine rings is 1. The molecule has 0 atom stereocenters. The van der Waals surface area contributed by atoms with Crippen LogP contribution in [0.25, 0.3) is 109 Å². The molecule has 11 aromatic rings. The molecule has 4 nitrogen and oxygen atoms in total. The van der Waals surface area contributed by atoms with Crippen molar-refractivity contribution < 1.29 is 4.42 Å². The fraction of sp³-hybridized carbons (Fsp3) is 0. The molecule has 5 heteroatoms. The molecule has 0 aliphatic heterocycles. The Bertz CT molecular complexity index is 3180. The van der Waals surface area contributed by atoms with Gasteiger partial charge in [0.05, 0.1) is 22.6 Å². The highest BCUT2D eigenvalue weighted by Gasteiger charge is 2.20. The summed E-state index contributed by atoms with van der Waals surface area (Å²) in [5.74, 6) is 0.667. The zero-order valence-electron chi connectivity index (χ0n) is 27.7. The average molecular weight is 682 g/mol. The summed E-state index contributed by atoms with van der Waals surface area (Å²) in [7, 11) is 0. The molecule has 0 N–H and O–H groups in total. The molecule has 242 valence electrons. The minimum atomic E-state index is 0.667. The second-order valence-corrected chi connectivity index (χ2v) is 14.2. The molecule has 0 saturated heterocycles. The van der Waals surface area contributed by atoms with Gasteiger partial charge in [-0.3, -0.25) is 0 Å². The summed E-state index contributed by atoms with van der Waals surface area (Å²) >= 11 is 1.82. The third kappa shape index (κ3) is 4.50. The van der Waals surface area contributed by atoms with Crippen LogP contribution in [0, 0.1) is 0 Å². The van der Waals surface area contributed by atoms with Crippen LogP contribution < -0.4 is 0 Å². The number of fused-ring (bicyclic) bond motifs is 10. The van der Waals surface area contributed by atoms with Gasteiger partial charge in [0.1, 0.15) is 11.2 Å². The van der Waals surface area contributed by atoms with Crippen LogP contribution in [-0.2, 0) is 0 Å². The van der Waals surface area contributed by atoms with Gasteiger partial charge < -0.3 is 4.42 Å². The van der Waals surface area contributed by atoms with Crippen molar-refractivity contribution in [1.29, 1.82) is 0 Å². The molecule has 0 amide bonds. The van der Waals surface area contributed by atoms with Gasteiger partial charge in [-0.25, -0.2) is 15.0 Å². The maximum atomic E-state index is 6.55. The maximum absolute atomic E-state index is 6.55. The van der Waals surface area contributed by atoms with E-state index in [1.54, 1.807) is 0 Å². The van der Waals surface area contributed by atoms with E-state index in [9.17, 15) is 0 Å². The normalized spacial score (nSPS) is 11.8. The van der Waals surface area contributed by atoms with Crippen molar-refractivity contribution in [1.82, 2.24) is 15.0 Å². The highest BCUT2D eigenvalue weighted by atomic mass is 32.1. The summed E-state index contributed by atoms with van der Waals surface area (Å²) in [6, 6.07) is 57.0. The van der Waals surface area contributed by atoms with Gasteiger partial charge in [-0.15, -0.1) is 11.3 Å². The van der Waals surface area contributed by atoms with Crippen LogP contribution in [0.4, 0.5) is 0 Å². The number of hydrogen-bond acceptors (Lipinski definition) is 5. The Morgan fingerprint density at radius 1 is 0.404 bits per heavy atom. The van der Waals surface area contributed by atoms with Crippen molar-refractivity contribution in [2.24, 2.45) is 0 Å². The van der Waals surface area contributed by atoms with E-state index in [4.69, 9.17) is 19.4 Å². The Morgan fingerprint density at radius 3 is 1.98 bits per heavy atom. The highest BCUT2D eigenvalue weighted by Crippen LogP contribution is 2.43. The Hall–Kier alpha value is -6.69. The van der Waals surface area contributed by atoms with Gasteiger partial charge >= 0.3 is 0 Å². The minimum absolute atomic E-state index is 0.667. The average Bonchev–Trinajstić information content (AvgIpc) is 3.79. The molecule has 0 aliphatic rings. The molecule has 0 unspecified atom stereocenters. The Balaban J connectivity index is 1.19. The van der Waals surface area contributed by atoms with Crippen LogP contribution in [0.15, 0.2) is 168 Å². The molecule has 0 bridgehead atoms. The van der Waals surface area contributed by atoms with Gasteiger partial charge in [-0.1, -0.05) is 109 Å². The molecule has 0 aliphatic carbocycles. The van der Waals surface area contributed by atoms with Crippen LogP contribution in [0.5, 0.6) is 0 Å².